The minimum absolute atomic E-state index is 0.264. The van der Waals surface area contributed by atoms with E-state index in [1.54, 1.807) is 25.2 Å². The van der Waals surface area contributed by atoms with Crippen LogP contribution in [0.1, 0.15) is 15.9 Å². The molecule has 0 bridgehead atoms. The van der Waals surface area contributed by atoms with Gasteiger partial charge in [-0.25, -0.2) is 9.48 Å². The molecule has 17 heavy (non-hydrogen) atoms. The van der Waals surface area contributed by atoms with E-state index >= 15 is 0 Å². The lowest BCUT2D eigenvalue weighted by Crippen LogP contribution is -2.06. The van der Waals surface area contributed by atoms with E-state index in [-0.39, 0.29) is 5.56 Å². The maximum absolute atomic E-state index is 10.8. The van der Waals surface area contributed by atoms with Gasteiger partial charge >= 0.3 is 5.97 Å². The molecule has 7 heteroatoms. The molecule has 1 heterocycles. The minimum atomic E-state index is -0.938. The van der Waals surface area contributed by atoms with E-state index in [4.69, 9.17) is 5.11 Å². The summed E-state index contributed by atoms with van der Waals surface area (Å²) in [6.45, 7) is 0.468. The number of carboxylic acid groups (broad SMARTS) is 1. The van der Waals surface area contributed by atoms with Crippen molar-refractivity contribution in [3.8, 4) is 0 Å². The van der Waals surface area contributed by atoms with Gasteiger partial charge in [-0.1, -0.05) is 17.2 Å². The molecule has 0 aliphatic carbocycles. The predicted octanol–water partition coefficient (Wildman–Crippen LogP) is 0.520. The highest BCUT2D eigenvalue weighted by atomic mass is 16.4. The Morgan fingerprint density at radius 3 is 3.00 bits per heavy atom. The maximum atomic E-state index is 10.8. The molecule has 0 fully saturated rings. The lowest BCUT2D eigenvalue weighted by Gasteiger charge is -2.04. The molecule has 2 aromatic rings. The molecule has 2 rings (SSSR count). The van der Waals surface area contributed by atoms with Crippen molar-refractivity contribution in [2.75, 3.05) is 5.32 Å². The normalized spacial score (nSPS) is 10.2. The van der Waals surface area contributed by atoms with Gasteiger partial charge in [0.2, 0.25) is 5.95 Å². The Labute approximate surface area is 97.1 Å². The molecule has 1 aromatic carbocycles. The number of anilines is 1. The number of nitrogens with zero attached hydrogens (tertiary/aromatic N) is 4. The first kappa shape index (κ1) is 11.1. The van der Waals surface area contributed by atoms with Crippen LogP contribution in [-0.2, 0) is 13.6 Å². The van der Waals surface area contributed by atoms with E-state index in [1.165, 1.54) is 4.68 Å². The Bertz CT molecular complexity index is 537. The highest BCUT2D eigenvalue weighted by Crippen LogP contribution is 2.07. The van der Waals surface area contributed by atoms with Crippen LogP contribution in [0.5, 0.6) is 0 Å². The van der Waals surface area contributed by atoms with Gasteiger partial charge in [-0.15, -0.1) is 0 Å². The zero-order valence-electron chi connectivity index (χ0n) is 9.16. The number of aryl methyl sites for hydroxylation is 1. The molecule has 0 radical (unpaired) electrons. The van der Waals surface area contributed by atoms with Gasteiger partial charge in [-0.3, -0.25) is 0 Å². The standard InChI is InChI=1S/C10H11N5O2/c1-15-10(12-13-14-15)11-6-7-3-2-4-8(5-7)9(16)17/h2-5H,6H2,1H3,(H,16,17)(H,11,12,14). The number of benzene rings is 1. The first-order chi connectivity index (χ1) is 8.16. The van der Waals surface area contributed by atoms with Crippen molar-refractivity contribution in [3.63, 3.8) is 0 Å². The largest absolute Gasteiger partial charge is 0.478 e. The van der Waals surface area contributed by atoms with Gasteiger partial charge in [-0.05, 0) is 28.1 Å². The molecule has 88 valence electrons. The summed E-state index contributed by atoms with van der Waals surface area (Å²) in [6, 6.07) is 6.70. The fourth-order valence-corrected chi connectivity index (χ4v) is 1.37. The lowest BCUT2D eigenvalue weighted by molar-refractivity contribution is 0.0697. The average Bonchev–Trinajstić information content (AvgIpc) is 2.72. The molecular formula is C10H11N5O2. The van der Waals surface area contributed by atoms with Gasteiger partial charge in [0.1, 0.15) is 0 Å². The number of aromatic nitrogens is 4. The zero-order chi connectivity index (χ0) is 12.3. The quantitative estimate of drug-likeness (QED) is 0.799. The third kappa shape index (κ3) is 2.57. The monoisotopic (exact) mass is 233 g/mol. The van der Waals surface area contributed by atoms with Crippen LogP contribution < -0.4 is 5.32 Å². The number of tetrazole rings is 1. The van der Waals surface area contributed by atoms with Crippen LogP contribution in [0.25, 0.3) is 0 Å². The highest BCUT2D eigenvalue weighted by Gasteiger charge is 2.04. The van der Waals surface area contributed by atoms with Crippen molar-refractivity contribution in [2.45, 2.75) is 6.54 Å². The Hall–Kier alpha value is -2.44. The third-order valence-corrected chi connectivity index (χ3v) is 2.24. The molecule has 0 saturated carbocycles. The minimum Gasteiger partial charge on any atom is -0.478 e. The molecule has 0 amide bonds. The predicted molar refractivity (Wildman–Crippen MR) is 59.5 cm³/mol. The van der Waals surface area contributed by atoms with Crippen molar-refractivity contribution in [2.24, 2.45) is 7.05 Å². The number of aromatic carboxylic acids is 1. The molecule has 0 unspecified atom stereocenters. The Kier molecular flexibility index (Phi) is 2.99. The van der Waals surface area contributed by atoms with Crippen LogP contribution in [0.15, 0.2) is 24.3 Å². The molecular weight excluding hydrogens is 222 g/mol. The molecule has 0 atom stereocenters. The Morgan fingerprint density at radius 1 is 1.53 bits per heavy atom. The fraction of sp³-hybridized carbons (Fsp3) is 0.200. The summed E-state index contributed by atoms with van der Waals surface area (Å²) in [5.74, 6) is -0.405. The molecule has 0 saturated heterocycles. The summed E-state index contributed by atoms with van der Waals surface area (Å²) in [4.78, 5) is 10.8. The first-order valence-electron chi connectivity index (χ1n) is 4.95. The highest BCUT2D eigenvalue weighted by molar-refractivity contribution is 5.87. The van der Waals surface area contributed by atoms with Gasteiger partial charge in [0.05, 0.1) is 5.56 Å². The van der Waals surface area contributed by atoms with Crippen molar-refractivity contribution < 1.29 is 9.90 Å². The Morgan fingerprint density at radius 2 is 2.35 bits per heavy atom. The number of carbonyl (C=O) groups is 1. The SMILES string of the molecule is Cn1nnnc1NCc1cccc(C(=O)O)c1. The van der Waals surface area contributed by atoms with Crippen LogP contribution in [0.4, 0.5) is 5.95 Å². The summed E-state index contributed by atoms with van der Waals surface area (Å²) >= 11 is 0. The molecule has 0 spiro atoms. The van der Waals surface area contributed by atoms with Crippen LogP contribution in [-0.4, -0.2) is 31.3 Å². The maximum Gasteiger partial charge on any atom is 0.335 e. The second-order valence-electron chi connectivity index (χ2n) is 3.49. The van der Waals surface area contributed by atoms with Gasteiger partial charge in [0, 0.05) is 13.6 Å². The third-order valence-electron chi connectivity index (χ3n) is 2.24. The lowest BCUT2D eigenvalue weighted by atomic mass is 10.1. The number of carboxylic acids is 1. The number of hydrogen-bond donors (Lipinski definition) is 2. The summed E-state index contributed by atoms with van der Waals surface area (Å²) < 4.78 is 1.50. The molecule has 7 nitrogen and oxygen atoms in total. The molecule has 1 aromatic heterocycles. The van der Waals surface area contributed by atoms with E-state index in [0.717, 1.165) is 5.56 Å². The summed E-state index contributed by atoms with van der Waals surface area (Å²) in [7, 11) is 1.72. The van der Waals surface area contributed by atoms with E-state index < -0.39 is 5.97 Å². The van der Waals surface area contributed by atoms with Crippen LogP contribution >= 0.6 is 0 Å². The van der Waals surface area contributed by atoms with Crippen molar-refractivity contribution in [1.29, 1.82) is 0 Å². The van der Waals surface area contributed by atoms with Crippen molar-refractivity contribution in [3.05, 3.63) is 35.4 Å². The van der Waals surface area contributed by atoms with E-state index in [2.05, 4.69) is 20.8 Å². The Balaban J connectivity index is 2.07. The second-order valence-corrected chi connectivity index (χ2v) is 3.49. The van der Waals surface area contributed by atoms with Gasteiger partial charge in [0.15, 0.2) is 0 Å². The van der Waals surface area contributed by atoms with Gasteiger partial charge < -0.3 is 10.4 Å². The molecule has 0 aliphatic rings. The fourth-order valence-electron chi connectivity index (χ4n) is 1.37. The topological polar surface area (TPSA) is 92.9 Å². The van der Waals surface area contributed by atoms with Gasteiger partial charge in [-0.2, -0.15) is 0 Å². The zero-order valence-corrected chi connectivity index (χ0v) is 9.16. The van der Waals surface area contributed by atoms with E-state index in [0.29, 0.717) is 12.5 Å². The van der Waals surface area contributed by atoms with Crippen molar-refractivity contribution in [1.82, 2.24) is 20.2 Å². The second kappa shape index (κ2) is 4.60. The van der Waals surface area contributed by atoms with Crippen molar-refractivity contribution >= 4 is 11.9 Å². The molecule has 0 aliphatic heterocycles. The van der Waals surface area contributed by atoms with Crippen LogP contribution in [0.3, 0.4) is 0 Å². The first-order valence-corrected chi connectivity index (χ1v) is 4.95. The van der Waals surface area contributed by atoms with E-state index in [1.807, 2.05) is 6.07 Å². The number of hydrogen-bond acceptors (Lipinski definition) is 5. The van der Waals surface area contributed by atoms with Gasteiger partial charge in [0.25, 0.3) is 0 Å². The van der Waals surface area contributed by atoms with Crippen LogP contribution in [0, 0.1) is 0 Å². The number of rotatable bonds is 4. The van der Waals surface area contributed by atoms with E-state index in [9.17, 15) is 4.79 Å². The average molecular weight is 233 g/mol. The summed E-state index contributed by atoms with van der Waals surface area (Å²) in [5, 5.41) is 22.8. The summed E-state index contributed by atoms with van der Waals surface area (Å²) in [5.41, 5.74) is 1.12. The van der Waals surface area contributed by atoms with Crippen LogP contribution in [0.2, 0.25) is 0 Å². The summed E-state index contributed by atoms with van der Waals surface area (Å²) in [6.07, 6.45) is 0. The number of nitrogens with one attached hydrogen (secondary N) is 1. The molecule has 2 N–H and O–H groups in total. The smallest absolute Gasteiger partial charge is 0.335 e.